The van der Waals surface area contributed by atoms with Crippen molar-refractivity contribution in [3.05, 3.63) is 10.6 Å². The van der Waals surface area contributed by atoms with Crippen LogP contribution in [-0.2, 0) is 4.74 Å². The topological polar surface area (TPSA) is 45.7 Å². The Morgan fingerprint density at radius 1 is 1.42 bits per heavy atom. The fourth-order valence-electron chi connectivity index (χ4n) is 2.96. The van der Waals surface area contributed by atoms with Crippen molar-refractivity contribution >= 4 is 22.4 Å². The molecule has 2 saturated heterocycles. The summed E-state index contributed by atoms with van der Waals surface area (Å²) in [6, 6.07) is 0.666. The van der Waals surface area contributed by atoms with E-state index in [4.69, 9.17) is 4.74 Å². The Morgan fingerprint density at radius 2 is 2.26 bits per heavy atom. The van der Waals surface area contributed by atoms with Crippen LogP contribution in [0, 0.1) is 6.92 Å². The first-order valence-electron chi connectivity index (χ1n) is 6.74. The highest BCUT2D eigenvalue weighted by Crippen LogP contribution is 2.30. The largest absolute Gasteiger partial charge is 0.465 e. The van der Waals surface area contributed by atoms with Crippen molar-refractivity contribution < 1.29 is 9.53 Å². The van der Waals surface area contributed by atoms with Gasteiger partial charge in [0, 0.05) is 25.7 Å². The van der Waals surface area contributed by atoms with Crippen LogP contribution >= 0.6 is 11.3 Å². The third-order valence-corrected chi connectivity index (χ3v) is 5.21. The summed E-state index contributed by atoms with van der Waals surface area (Å²) in [6.07, 6.45) is 2.59. The van der Waals surface area contributed by atoms with Crippen molar-refractivity contribution in [3.8, 4) is 0 Å². The average molecular weight is 281 g/mol. The van der Waals surface area contributed by atoms with Crippen molar-refractivity contribution in [1.29, 1.82) is 0 Å². The minimum Gasteiger partial charge on any atom is -0.465 e. The fourth-order valence-corrected chi connectivity index (χ4v) is 3.98. The zero-order chi connectivity index (χ0) is 13.4. The van der Waals surface area contributed by atoms with Crippen molar-refractivity contribution in [2.24, 2.45) is 0 Å². The highest BCUT2D eigenvalue weighted by atomic mass is 32.1. The maximum absolute atomic E-state index is 11.6. The highest BCUT2D eigenvalue weighted by Gasteiger charge is 2.32. The highest BCUT2D eigenvalue weighted by molar-refractivity contribution is 7.17. The van der Waals surface area contributed by atoms with Crippen LogP contribution in [0.15, 0.2) is 0 Å². The summed E-state index contributed by atoms with van der Waals surface area (Å²) in [7, 11) is 1.42. The number of rotatable bonds is 2. The molecule has 5 nitrogen and oxygen atoms in total. The predicted molar refractivity (Wildman–Crippen MR) is 75.0 cm³/mol. The Morgan fingerprint density at radius 3 is 3.05 bits per heavy atom. The van der Waals surface area contributed by atoms with Crippen molar-refractivity contribution in [2.75, 3.05) is 38.2 Å². The molecule has 1 unspecified atom stereocenters. The van der Waals surface area contributed by atoms with Gasteiger partial charge in [0.05, 0.1) is 12.8 Å². The maximum atomic E-state index is 11.6. The third-order valence-electron chi connectivity index (χ3n) is 4.01. The quantitative estimate of drug-likeness (QED) is 0.769. The van der Waals surface area contributed by atoms with Crippen LogP contribution in [-0.4, -0.2) is 55.2 Å². The molecule has 0 saturated carbocycles. The lowest BCUT2D eigenvalue weighted by molar-refractivity contribution is 0.0605. The number of nitrogens with zero attached hydrogens (tertiary/aromatic N) is 3. The Kier molecular flexibility index (Phi) is 3.45. The summed E-state index contributed by atoms with van der Waals surface area (Å²) in [5.41, 5.74) is 0.778. The Hall–Kier alpha value is -1.14. The van der Waals surface area contributed by atoms with E-state index in [0.29, 0.717) is 10.9 Å². The zero-order valence-electron chi connectivity index (χ0n) is 11.4. The number of esters is 1. The van der Waals surface area contributed by atoms with E-state index >= 15 is 0 Å². The minimum atomic E-state index is -0.277. The smallest absolute Gasteiger partial charge is 0.350 e. The standard InChI is InChI=1S/C13H19N3O2S/c1-9-11(12(17)18-2)19-13(14-9)16-7-6-15-5-3-4-10(15)8-16/h10H,3-8H2,1-2H3. The summed E-state index contributed by atoms with van der Waals surface area (Å²) < 4.78 is 4.79. The van der Waals surface area contributed by atoms with Crippen molar-refractivity contribution in [3.63, 3.8) is 0 Å². The molecule has 0 spiro atoms. The second-order valence-corrected chi connectivity index (χ2v) is 6.16. The van der Waals surface area contributed by atoms with Crippen LogP contribution in [0.1, 0.15) is 28.2 Å². The van der Waals surface area contributed by atoms with E-state index in [2.05, 4.69) is 14.8 Å². The molecule has 0 aromatic carbocycles. The Labute approximate surface area is 117 Å². The molecule has 0 N–H and O–H groups in total. The molecule has 19 heavy (non-hydrogen) atoms. The van der Waals surface area contributed by atoms with E-state index in [1.54, 1.807) is 0 Å². The first-order chi connectivity index (χ1) is 9.19. The van der Waals surface area contributed by atoms with Gasteiger partial charge in [-0.15, -0.1) is 0 Å². The van der Waals surface area contributed by atoms with Gasteiger partial charge in [0.25, 0.3) is 0 Å². The molecule has 1 aromatic rings. The average Bonchev–Trinajstić information content (AvgIpc) is 3.03. The summed E-state index contributed by atoms with van der Waals surface area (Å²) in [4.78, 5) is 21.7. The SMILES string of the molecule is COC(=O)c1sc(N2CCN3CCCC3C2)nc1C. The van der Waals surface area contributed by atoms with Gasteiger partial charge in [-0.3, -0.25) is 4.90 Å². The molecule has 3 heterocycles. The number of carbonyl (C=O) groups is 1. The maximum Gasteiger partial charge on any atom is 0.350 e. The van der Waals surface area contributed by atoms with Gasteiger partial charge in [0.2, 0.25) is 0 Å². The van der Waals surface area contributed by atoms with E-state index in [-0.39, 0.29) is 5.97 Å². The summed E-state index contributed by atoms with van der Waals surface area (Å²) in [5.74, 6) is -0.277. The molecular formula is C13H19N3O2S. The first kappa shape index (κ1) is 12.9. The second kappa shape index (κ2) is 5.09. The molecular weight excluding hydrogens is 262 g/mol. The molecule has 2 aliphatic heterocycles. The number of aromatic nitrogens is 1. The van der Waals surface area contributed by atoms with Gasteiger partial charge in [-0.2, -0.15) is 0 Å². The number of fused-ring (bicyclic) bond motifs is 1. The second-order valence-electron chi connectivity index (χ2n) is 5.18. The number of piperazine rings is 1. The third kappa shape index (κ3) is 2.34. The van der Waals surface area contributed by atoms with E-state index in [1.165, 1.54) is 37.8 Å². The number of aryl methyl sites for hydroxylation is 1. The number of ether oxygens (including phenoxy) is 1. The van der Waals surface area contributed by atoms with Crippen LogP contribution in [0.5, 0.6) is 0 Å². The van der Waals surface area contributed by atoms with E-state index in [0.717, 1.165) is 30.5 Å². The summed E-state index contributed by atoms with van der Waals surface area (Å²) in [6.45, 7) is 6.26. The van der Waals surface area contributed by atoms with E-state index in [1.807, 2.05) is 6.92 Å². The molecule has 2 fully saturated rings. The van der Waals surface area contributed by atoms with E-state index < -0.39 is 0 Å². The molecule has 1 atom stereocenters. The first-order valence-corrected chi connectivity index (χ1v) is 7.55. The van der Waals surface area contributed by atoms with Crippen LogP contribution < -0.4 is 4.90 Å². The van der Waals surface area contributed by atoms with Gasteiger partial charge in [-0.25, -0.2) is 9.78 Å². The van der Waals surface area contributed by atoms with Crippen molar-refractivity contribution in [2.45, 2.75) is 25.8 Å². The lowest BCUT2D eigenvalue weighted by atomic mass is 10.2. The van der Waals surface area contributed by atoms with Crippen LogP contribution in [0.25, 0.3) is 0 Å². The van der Waals surface area contributed by atoms with Gasteiger partial charge in [0.15, 0.2) is 5.13 Å². The van der Waals surface area contributed by atoms with Gasteiger partial charge < -0.3 is 9.64 Å². The molecule has 2 aliphatic rings. The number of methoxy groups -OCH3 is 1. The summed E-state index contributed by atoms with van der Waals surface area (Å²) >= 11 is 1.45. The van der Waals surface area contributed by atoms with Crippen molar-refractivity contribution in [1.82, 2.24) is 9.88 Å². The van der Waals surface area contributed by atoms with Crippen LogP contribution in [0.2, 0.25) is 0 Å². The fraction of sp³-hybridized carbons (Fsp3) is 0.692. The number of carbonyl (C=O) groups excluding carboxylic acids is 1. The Balaban J connectivity index is 1.77. The Bertz CT molecular complexity index is 488. The van der Waals surface area contributed by atoms with E-state index in [9.17, 15) is 4.79 Å². The van der Waals surface area contributed by atoms with Gasteiger partial charge in [0.1, 0.15) is 4.88 Å². The molecule has 1 aromatic heterocycles. The number of anilines is 1. The van der Waals surface area contributed by atoms with Gasteiger partial charge >= 0.3 is 5.97 Å². The lowest BCUT2D eigenvalue weighted by Crippen LogP contribution is -2.50. The molecule has 0 aliphatic carbocycles. The van der Waals surface area contributed by atoms with Crippen LogP contribution in [0.3, 0.4) is 0 Å². The van der Waals surface area contributed by atoms with Gasteiger partial charge in [-0.05, 0) is 26.3 Å². The number of hydrogen-bond acceptors (Lipinski definition) is 6. The summed E-state index contributed by atoms with van der Waals surface area (Å²) in [5, 5.41) is 0.962. The molecule has 6 heteroatoms. The zero-order valence-corrected chi connectivity index (χ0v) is 12.2. The molecule has 0 amide bonds. The number of hydrogen-bond donors (Lipinski definition) is 0. The molecule has 0 radical (unpaired) electrons. The normalized spacial score (nSPS) is 23.5. The number of thiazole rings is 1. The van der Waals surface area contributed by atoms with Gasteiger partial charge in [-0.1, -0.05) is 11.3 Å². The lowest BCUT2D eigenvalue weighted by Gasteiger charge is -2.37. The monoisotopic (exact) mass is 281 g/mol. The van der Waals surface area contributed by atoms with Crippen LogP contribution in [0.4, 0.5) is 5.13 Å². The molecule has 3 rings (SSSR count). The molecule has 0 bridgehead atoms. The predicted octanol–water partition coefficient (Wildman–Crippen LogP) is 1.52. The molecule has 104 valence electrons. The minimum absolute atomic E-state index is 0.277.